The number of carboxylic acid groups (broad SMARTS) is 1. The van der Waals surface area contributed by atoms with Crippen LogP contribution in [-0.4, -0.2) is 21.1 Å². The maximum absolute atomic E-state index is 11.0. The molecule has 2 fully saturated rings. The van der Waals surface area contributed by atoms with Crippen molar-refractivity contribution in [2.24, 2.45) is 0 Å². The van der Waals surface area contributed by atoms with E-state index in [4.69, 9.17) is 5.11 Å². The Morgan fingerprint density at radius 3 is 2.25 bits per heavy atom. The molecule has 0 aromatic carbocycles. The molecule has 0 aromatic heterocycles. The van der Waals surface area contributed by atoms with Gasteiger partial charge in [-0.2, -0.15) is 0 Å². The van der Waals surface area contributed by atoms with E-state index in [0.717, 1.165) is 19.3 Å². The summed E-state index contributed by atoms with van der Waals surface area (Å²) in [6.07, 6.45) is 6.66. The predicted molar refractivity (Wildman–Crippen MR) is 49.4 cm³/mol. The maximum atomic E-state index is 11.0. The molecule has 2 rings (SSSR count). The van der Waals surface area contributed by atoms with Crippen molar-refractivity contribution >= 4 is 17.7 Å². The zero-order valence-corrected chi connectivity index (χ0v) is 7.90. The Bertz CT molecular complexity index is 195. The van der Waals surface area contributed by atoms with Gasteiger partial charge in [-0.3, -0.25) is 4.79 Å². The van der Waals surface area contributed by atoms with Crippen LogP contribution in [-0.2, 0) is 4.79 Å². The minimum Gasteiger partial charge on any atom is -0.480 e. The molecule has 0 aliphatic heterocycles. The van der Waals surface area contributed by atoms with E-state index in [1.54, 1.807) is 11.8 Å². The molecule has 2 saturated carbocycles. The first-order valence-corrected chi connectivity index (χ1v) is 5.52. The van der Waals surface area contributed by atoms with Gasteiger partial charge < -0.3 is 5.11 Å². The van der Waals surface area contributed by atoms with Crippen LogP contribution in [0.3, 0.4) is 0 Å². The van der Waals surface area contributed by atoms with Crippen molar-refractivity contribution in [2.45, 2.75) is 48.5 Å². The van der Waals surface area contributed by atoms with Crippen LogP contribution < -0.4 is 0 Å². The van der Waals surface area contributed by atoms with Crippen LogP contribution >= 0.6 is 11.8 Å². The molecule has 3 heteroatoms. The Balaban J connectivity index is 1.92. The molecule has 1 N–H and O–H groups in total. The number of thioether (sulfide) groups is 1. The first-order valence-electron chi connectivity index (χ1n) is 4.64. The monoisotopic (exact) mass is 186 g/mol. The van der Waals surface area contributed by atoms with Gasteiger partial charge >= 0.3 is 5.97 Å². The van der Waals surface area contributed by atoms with Gasteiger partial charge in [0.15, 0.2) is 0 Å². The van der Waals surface area contributed by atoms with Crippen LogP contribution in [0.1, 0.15) is 38.5 Å². The number of carboxylic acids is 1. The fourth-order valence-electron chi connectivity index (χ4n) is 1.69. The largest absolute Gasteiger partial charge is 0.480 e. The number of aliphatic carboxylic acids is 1. The average molecular weight is 186 g/mol. The van der Waals surface area contributed by atoms with E-state index >= 15 is 0 Å². The van der Waals surface area contributed by atoms with Crippen molar-refractivity contribution in [3.63, 3.8) is 0 Å². The topological polar surface area (TPSA) is 37.3 Å². The van der Waals surface area contributed by atoms with Crippen molar-refractivity contribution in [1.29, 1.82) is 0 Å². The molecule has 2 aliphatic rings. The summed E-state index contributed by atoms with van der Waals surface area (Å²) in [6.45, 7) is 0. The number of carbonyl (C=O) groups is 1. The molecular formula is C9H14O2S. The molecule has 0 bridgehead atoms. The molecular weight excluding hydrogens is 172 g/mol. The summed E-state index contributed by atoms with van der Waals surface area (Å²) in [5, 5.41) is 9.69. The molecule has 12 heavy (non-hydrogen) atoms. The fourth-order valence-corrected chi connectivity index (χ4v) is 3.52. The zero-order valence-electron chi connectivity index (χ0n) is 7.08. The third-order valence-corrected chi connectivity index (χ3v) is 4.83. The molecule has 0 unspecified atom stereocenters. The standard InChI is InChI=1S/C9H14O2S/c10-8(11)9(5-2-6-9)12-7-3-1-4-7/h7H,1-6H2,(H,10,11). The van der Waals surface area contributed by atoms with Gasteiger partial charge in [0.25, 0.3) is 0 Å². The van der Waals surface area contributed by atoms with Crippen LogP contribution in [0, 0.1) is 0 Å². The van der Waals surface area contributed by atoms with E-state index in [1.165, 1.54) is 19.3 Å². The van der Waals surface area contributed by atoms with Crippen molar-refractivity contribution in [2.75, 3.05) is 0 Å². The normalized spacial score (nSPS) is 27.3. The van der Waals surface area contributed by atoms with Gasteiger partial charge in [0, 0.05) is 5.25 Å². The molecule has 68 valence electrons. The molecule has 0 saturated heterocycles. The molecule has 2 aliphatic carbocycles. The smallest absolute Gasteiger partial charge is 0.319 e. The molecule has 0 aromatic rings. The molecule has 0 heterocycles. The quantitative estimate of drug-likeness (QED) is 0.734. The number of hydrogen-bond acceptors (Lipinski definition) is 2. The van der Waals surface area contributed by atoms with Crippen LogP contribution in [0.15, 0.2) is 0 Å². The Labute approximate surface area is 76.7 Å². The molecule has 0 atom stereocenters. The Morgan fingerprint density at radius 1 is 1.33 bits per heavy atom. The summed E-state index contributed by atoms with van der Waals surface area (Å²) >= 11 is 1.73. The summed E-state index contributed by atoms with van der Waals surface area (Å²) in [7, 11) is 0. The summed E-state index contributed by atoms with van der Waals surface area (Å²) in [6, 6.07) is 0. The maximum Gasteiger partial charge on any atom is 0.319 e. The second-order valence-electron chi connectivity index (χ2n) is 3.82. The molecule has 0 amide bonds. The minimum atomic E-state index is -0.578. The fraction of sp³-hybridized carbons (Fsp3) is 0.889. The third kappa shape index (κ3) is 1.24. The Kier molecular flexibility index (Phi) is 2.07. The SMILES string of the molecule is O=C(O)C1(SC2CCC2)CCC1. The van der Waals surface area contributed by atoms with E-state index in [0.29, 0.717) is 5.25 Å². The Hall–Kier alpha value is -0.180. The lowest BCUT2D eigenvalue weighted by Gasteiger charge is -2.41. The van der Waals surface area contributed by atoms with Crippen LogP contribution in [0.2, 0.25) is 0 Å². The Morgan fingerprint density at radius 2 is 2.00 bits per heavy atom. The zero-order chi connectivity index (χ0) is 8.60. The van der Waals surface area contributed by atoms with E-state index in [-0.39, 0.29) is 4.75 Å². The van der Waals surface area contributed by atoms with Gasteiger partial charge in [-0.1, -0.05) is 6.42 Å². The van der Waals surface area contributed by atoms with Crippen LogP contribution in [0.5, 0.6) is 0 Å². The minimum absolute atomic E-state index is 0.370. The van der Waals surface area contributed by atoms with Crippen molar-refractivity contribution in [3.05, 3.63) is 0 Å². The lowest BCUT2D eigenvalue weighted by molar-refractivity contribution is -0.142. The van der Waals surface area contributed by atoms with Gasteiger partial charge in [0.1, 0.15) is 4.75 Å². The second-order valence-corrected chi connectivity index (χ2v) is 5.51. The molecule has 2 nitrogen and oxygen atoms in total. The highest BCUT2D eigenvalue weighted by Crippen LogP contribution is 2.50. The molecule has 0 spiro atoms. The van der Waals surface area contributed by atoms with Crippen molar-refractivity contribution in [3.8, 4) is 0 Å². The van der Waals surface area contributed by atoms with Crippen LogP contribution in [0.4, 0.5) is 0 Å². The lowest BCUT2D eigenvalue weighted by Crippen LogP contribution is -2.44. The summed E-state index contributed by atoms with van der Waals surface area (Å²) in [5.41, 5.74) is 0. The van der Waals surface area contributed by atoms with Crippen molar-refractivity contribution in [1.82, 2.24) is 0 Å². The summed E-state index contributed by atoms with van der Waals surface area (Å²) in [4.78, 5) is 11.0. The van der Waals surface area contributed by atoms with Gasteiger partial charge in [-0.25, -0.2) is 0 Å². The summed E-state index contributed by atoms with van der Waals surface area (Å²) < 4.78 is -0.370. The van der Waals surface area contributed by atoms with E-state index < -0.39 is 5.97 Å². The highest BCUT2D eigenvalue weighted by atomic mass is 32.2. The highest BCUT2D eigenvalue weighted by Gasteiger charge is 2.47. The highest BCUT2D eigenvalue weighted by molar-refractivity contribution is 8.02. The second kappa shape index (κ2) is 2.95. The lowest BCUT2D eigenvalue weighted by atomic mass is 9.84. The van der Waals surface area contributed by atoms with E-state index in [2.05, 4.69) is 0 Å². The average Bonchev–Trinajstić information content (AvgIpc) is 1.80. The first kappa shape index (κ1) is 8.42. The third-order valence-electron chi connectivity index (χ3n) is 3.00. The van der Waals surface area contributed by atoms with Gasteiger partial charge in [0.05, 0.1) is 0 Å². The summed E-state index contributed by atoms with van der Waals surface area (Å²) in [5.74, 6) is -0.578. The molecule has 0 radical (unpaired) electrons. The van der Waals surface area contributed by atoms with Gasteiger partial charge in [-0.15, -0.1) is 11.8 Å². The van der Waals surface area contributed by atoms with Crippen molar-refractivity contribution < 1.29 is 9.90 Å². The van der Waals surface area contributed by atoms with Gasteiger partial charge in [-0.05, 0) is 32.1 Å². The van der Waals surface area contributed by atoms with E-state index in [9.17, 15) is 4.79 Å². The predicted octanol–water partition coefficient (Wildman–Crippen LogP) is 2.28. The van der Waals surface area contributed by atoms with Crippen LogP contribution in [0.25, 0.3) is 0 Å². The van der Waals surface area contributed by atoms with E-state index in [1.807, 2.05) is 0 Å². The number of hydrogen-bond donors (Lipinski definition) is 1. The first-order chi connectivity index (χ1) is 5.73. The number of rotatable bonds is 3. The van der Waals surface area contributed by atoms with Gasteiger partial charge in [0.2, 0.25) is 0 Å².